The molecule has 0 spiro atoms. The van der Waals surface area contributed by atoms with Crippen molar-refractivity contribution in [1.82, 2.24) is 10.6 Å². The Morgan fingerprint density at radius 2 is 1.17 bits per heavy atom. The Balaban J connectivity index is 1.07. The second-order valence-electron chi connectivity index (χ2n) is 12.2. The number of nitrogens with two attached hydrogens (primary N) is 1. The number of unbranched alkanes of at least 4 members (excludes halogenated alkanes) is 6. The van der Waals surface area contributed by atoms with Gasteiger partial charge in [0.05, 0.1) is 14.1 Å². The van der Waals surface area contributed by atoms with Gasteiger partial charge in [0.15, 0.2) is 6.17 Å². The second kappa shape index (κ2) is 15.6. The van der Waals surface area contributed by atoms with Crippen molar-refractivity contribution in [2.45, 2.75) is 51.1 Å². The molecule has 1 heterocycles. The van der Waals surface area contributed by atoms with E-state index in [1.165, 1.54) is 48.0 Å². The van der Waals surface area contributed by atoms with Crippen molar-refractivity contribution < 1.29 is 9.31 Å². The van der Waals surface area contributed by atoms with E-state index in [2.05, 4.69) is 107 Å². The van der Waals surface area contributed by atoms with Crippen LogP contribution in [0.5, 0.6) is 5.75 Å². The number of hydrogen-bond donors (Lipinski definition) is 3. The van der Waals surface area contributed by atoms with Crippen molar-refractivity contribution in [2.75, 3.05) is 26.9 Å². The first-order chi connectivity index (χ1) is 22.4. The fraction of sp³-hybridized carbons (Fsp3) is 0.316. The van der Waals surface area contributed by atoms with E-state index in [-0.39, 0.29) is 6.17 Å². The van der Waals surface area contributed by atoms with Crippen LogP contribution < -0.4 is 37.0 Å². The van der Waals surface area contributed by atoms with E-state index in [9.17, 15) is 0 Å². The van der Waals surface area contributed by atoms with E-state index in [1.54, 1.807) is 0 Å². The van der Waals surface area contributed by atoms with Crippen LogP contribution in [0.4, 0.5) is 0 Å². The van der Waals surface area contributed by atoms with Gasteiger partial charge >= 0.3 is 210 Å². The molecule has 0 aliphatic carbocycles. The summed E-state index contributed by atoms with van der Waals surface area (Å²) in [6.07, 6.45) is 8.89. The van der Waals surface area contributed by atoms with Gasteiger partial charge in [-0.25, -0.2) is 5.32 Å². The molecule has 0 saturated carbocycles. The number of nitrogens with one attached hydrogen (secondary N) is 2. The molecule has 0 aromatic heterocycles. The van der Waals surface area contributed by atoms with Crippen LogP contribution in [0.2, 0.25) is 0 Å². The van der Waals surface area contributed by atoms with E-state index < -0.39 is 5.96 Å². The van der Waals surface area contributed by atoms with Crippen molar-refractivity contribution in [3.63, 3.8) is 0 Å². The van der Waals surface area contributed by atoms with Crippen LogP contribution in [0, 0.1) is 0 Å². The molecule has 4 aromatic rings. The average Bonchev–Trinajstić information content (AvgIpc) is 3.10. The molecule has 0 saturated heterocycles. The third-order valence-corrected chi connectivity index (χ3v) is 16.4. The summed E-state index contributed by atoms with van der Waals surface area (Å²) in [5, 5.41) is 10.1. The first-order valence-electron chi connectivity index (χ1n) is 16.4. The molecule has 6 nitrogen and oxygen atoms in total. The van der Waals surface area contributed by atoms with Crippen LogP contribution in [-0.4, -0.2) is 43.4 Å². The molecule has 0 amide bonds. The molecule has 4 aromatic carbocycles. The Morgan fingerprint density at radius 3 is 1.67 bits per heavy atom. The van der Waals surface area contributed by atoms with E-state index in [0.717, 1.165) is 42.9 Å². The van der Waals surface area contributed by atoms with Gasteiger partial charge in [-0.05, 0) is 12.1 Å². The minimum atomic E-state index is -3.15. The average molecular weight is 657 g/mol. The Morgan fingerprint density at radius 1 is 0.696 bits per heavy atom. The van der Waals surface area contributed by atoms with Gasteiger partial charge in [-0.3, -0.25) is 9.89 Å². The van der Waals surface area contributed by atoms with Crippen molar-refractivity contribution in [3.05, 3.63) is 121 Å². The van der Waals surface area contributed by atoms with Crippen LogP contribution in [0.25, 0.3) is 0 Å². The molecule has 1 aliphatic rings. The van der Waals surface area contributed by atoms with Crippen LogP contribution >= 0.6 is 17.2 Å². The van der Waals surface area contributed by atoms with Crippen molar-refractivity contribution in [3.8, 4) is 5.75 Å². The Bertz CT molecular complexity index is 1490. The Kier molecular flexibility index (Phi) is 11.4. The Labute approximate surface area is 279 Å². The van der Waals surface area contributed by atoms with Crippen LogP contribution in [-0.2, 0) is 0 Å². The molecule has 46 heavy (non-hydrogen) atoms. The topological polar surface area (TPSA) is 74.7 Å². The fourth-order valence-corrected chi connectivity index (χ4v) is 12.5. The van der Waals surface area contributed by atoms with Gasteiger partial charge in [0.2, 0.25) is 0 Å². The molecule has 242 valence electrons. The third kappa shape index (κ3) is 7.74. The van der Waals surface area contributed by atoms with Gasteiger partial charge in [-0.2, -0.15) is 4.99 Å². The number of aliphatic imine (C=N–C) groups is 1. The summed E-state index contributed by atoms with van der Waals surface area (Å²) in [5.74, 6) is -1.05. The molecule has 1 atom stereocenters. The number of rotatable bonds is 15. The van der Waals surface area contributed by atoms with Crippen LogP contribution in [0.15, 0.2) is 120 Å². The smallest absolute Gasteiger partial charge is 0.251 e. The van der Waals surface area contributed by atoms with Crippen molar-refractivity contribution in [1.29, 1.82) is 0 Å². The van der Waals surface area contributed by atoms with Crippen LogP contribution in [0.3, 0.4) is 0 Å². The zero-order valence-corrected chi connectivity index (χ0v) is 28.8. The molecule has 5 rings (SSSR count). The number of ether oxygens (including phenoxy) is 1. The zero-order chi connectivity index (χ0) is 32.3. The molecule has 8 heteroatoms. The van der Waals surface area contributed by atoms with Gasteiger partial charge < -0.3 is 5.73 Å². The molecule has 1 aliphatic heterocycles. The molecule has 4 N–H and O–H groups in total. The summed E-state index contributed by atoms with van der Waals surface area (Å²) in [5.41, 5.74) is 7.01. The van der Waals surface area contributed by atoms with E-state index in [1.807, 2.05) is 42.9 Å². The molecular formula is C38H48ClN5OP+. The number of guanidine groups is 2. The summed E-state index contributed by atoms with van der Waals surface area (Å²) in [6, 6.07) is 40.5. The number of hydrogen-bond acceptors (Lipinski definition) is 3. The summed E-state index contributed by atoms with van der Waals surface area (Å²) >= 11 is 8.19. The summed E-state index contributed by atoms with van der Waals surface area (Å²) in [4.78, 5) is 4.47. The maximum absolute atomic E-state index is 8.19. The summed E-state index contributed by atoms with van der Waals surface area (Å²) in [7, 11) is 3.90. The van der Waals surface area contributed by atoms with Gasteiger partial charge in [0.25, 0.3) is 5.96 Å². The predicted octanol–water partition coefficient (Wildman–Crippen LogP) is 6.61. The van der Waals surface area contributed by atoms with Gasteiger partial charge in [-0.1, -0.05) is 0 Å². The SMILES string of the molecule is C[N+](C)=C1NC(N)=NC(c2ccc(OCCCCCCCCCP(Cl)(c3ccccc3)(c3ccccc3)c3ccccc3)cc2)N1. The van der Waals surface area contributed by atoms with E-state index in [4.69, 9.17) is 21.7 Å². The third-order valence-electron chi connectivity index (χ3n) is 8.81. The normalized spacial score (nSPS) is 15.5. The number of nitrogens with zero attached hydrogens (tertiary/aromatic N) is 2. The molecule has 0 bridgehead atoms. The quantitative estimate of drug-likeness (QED) is 0.0765. The molecule has 0 radical (unpaired) electrons. The molecular weight excluding hydrogens is 609 g/mol. The van der Waals surface area contributed by atoms with Gasteiger partial charge in [0.1, 0.15) is 0 Å². The minimum Gasteiger partial charge on any atom is -0.251 e. The zero-order valence-electron chi connectivity index (χ0n) is 27.1. The second-order valence-corrected chi connectivity index (χ2v) is 18.8. The van der Waals surface area contributed by atoms with E-state index >= 15 is 0 Å². The van der Waals surface area contributed by atoms with E-state index in [0.29, 0.717) is 5.96 Å². The minimum absolute atomic E-state index is 0.226. The first kappa shape index (κ1) is 33.5. The Hall–Kier alpha value is -3.86. The van der Waals surface area contributed by atoms with Crippen LogP contribution in [0.1, 0.15) is 56.7 Å². The molecule has 1 unspecified atom stereocenters. The number of halogens is 1. The fourth-order valence-electron chi connectivity index (χ4n) is 6.27. The van der Waals surface area contributed by atoms with Gasteiger partial charge in [0, 0.05) is 5.56 Å². The van der Waals surface area contributed by atoms with Gasteiger partial charge in [-0.15, -0.1) is 0 Å². The summed E-state index contributed by atoms with van der Waals surface area (Å²) in [6.45, 7) is 0.723. The molecule has 0 fully saturated rings. The first-order valence-corrected chi connectivity index (χ1v) is 19.7. The standard InChI is InChI=1S/C38H47ClN5OP/c1-44(2)38-42-36(41-37(40)43-38)31-25-27-32(28-26-31)45-29-17-6-4-3-5-7-18-30-46(39,33-19-11-8-12-20-33,34-21-13-9-14-22-34)35-23-15-10-16-24-35/h8-16,19-28,36H,3-7,17-18,29-30H2,1-2H3,(H3,40,41,42,43)/p+1. The monoisotopic (exact) mass is 656 g/mol. The summed E-state index contributed by atoms with van der Waals surface area (Å²) < 4.78 is 7.97. The van der Waals surface area contributed by atoms with Crippen molar-refractivity contribution in [2.24, 2.45) is 10.7 Å². The number of benzene rings is 4. The van der Waals surface area contributed by atoms with Crippen molar-refractivity contribution >= 4 is 45.0 Å². The predicted molar refractivity (Wildman–Crippen MR) is 198 cm³/mol. The maximum atomic E-state index is 8.19.